The molecule has 1 atom stereocenters. The van der Waals surface area contributed by atoms with Crippen LogP contribution < -0.4 is 10.1 Å². The van der Waals surface area contributed by atoms with Crippen molar-refractivity contribution in [2.75, 3.05) is 31.6 Å². The third-order valence-electron chi connectivity index (χ3n) is 4.50. The summed E-state index contributed by atoms with van der Waals surface area (Å²) in [6.45, 7) is 2.69. The molecule has 0 bridgehead atoms. The lowest BCUT2D eigenvalue weighted by Gasteiger charge is -2.27. The molecule has 2 aliphatic heterocycles. The van der Waals surface area contributed by atoms with Gasteiger partial charge in [0.1, 0.15) is 16.7 Å². The number of morpholine rings is 1. The predicted octanol–water partition coefficient (Wildman–Crippen LogP) is 3.14. The maximum atomic E-state index is 12.4. The van der Waals surface area contributed by atoms with Crippen LogP contribution in [0, 0.1) is 0 Å². The van der Waals surface area contributed by atoms with Gasteiger partial charge in [-0.3, -0.25) is 9.59 Å². The summed E-state index contributed by atoms with van der Waals surface area (Å²) in [5.74, 6) is 0.959. The fourth-order valence-electron chi connectivity index (χ4n) is 3.01. The van der Waals surface area contributed by atoms with E-state index in [1.165, 1.54) is 11.8 Å². The van der Waals surface area contributed by atoms with Gasteiger partial charge in [-0.1, -0.05) is 30.0 Å². The van der Waals surface area contributed by atoms with E-state index in [1.54, 1.807) is 24.3 Å². The molecule has 2 amide bonds. The molecule has 2 aromatic rings. The SMILES string of the molecule is O=C(C[C@@H]1SC(N2CCOCC2)=NC1=O)Nc1ccc(Oc2ccccc2)cc1. The maximum Gasteiger partial charge on any atom is 0.262 e. The van der Waals surface area contributed by atoms with Gasteiger partial charge in [0.05, 0.1) is 13.2 Å². The van der Waals surface area contributed by atoms with Crippen LogP contribution in [0.2, 0.25) is 0 Å². The average Bonchev–Trinajstić information content (AvgIpc) is 3.11. The molecular weight excluding hydrogens is 390 g/mol. The van der Waals surface area contributed by atoms with Gasteiger partial charge in [0.25, 0.3) is 5.91 Å². The first-order valence-electron chi connectivity index (χ1n) is 9.42. The minimum atomic E-state index is -0.478. The van der Waals surface area contributed by atoms with E-state index in [9.17, 15) is 9.59 Å². The summed E-state index contributed by atoms with van der Waals surface area (Å²) < 4.78 is 11.1. The highest BCUT2D eigenvalue weighted by Gasteiger charge is 2.33. The Balaban J connectivity index is 1.28. The largest absolute Gasteiger partial charge is 0.457 e. The van der Waals surface area contributed by atoms with E-state index in [0.717, 1.165) is 18.8 Å². The molecule has 2 heterocycles. The lowest BCUT2D eigenvalue weighted by Crippen LogP contribution is -2.39. The Hall–Kier alpha value is -2.84. The monoisotopic (exact) mass is 411 g/mol. The minimum absolute atomic E-state index is 0.0864. The summed E-state index contributed by atoms with van der Waals surface area (Å²) in [7, 11) is 0. The van der Waals surface area contributed by atoms with Crippen LogP contribution in [0.25, 0.3) is 0 Å². The Morgan fingerprint density at radius 3 is 2.52 bits per heavy atom. The van der Waals surface area contributed by atoms with Gasteiger partial charge in [0, 0.05) is 25.2 Å². The van der Waals surface area contributed by atoms with Crippen molar-refractivity contribution in [3.05, 3.63) is 54.6 Å². The standard InChI is InChI=1S/C21H21N3O4S/c25-19(14-18-20(26)23-21(29-18)24-10-12-27-13-11-24)22-15-6-8-17(9-7-15)28-16-4-2-1-3-5-16/h1-9,18H,10-14H2,(H,22,25)/t18-/m0/s1. The summed E-state index contributed by atoms with van der Waals surface area (Å²) in [6, 6.07) is 16.6. The van der Waals surface area contributed by atoms with Crippen molar-refractivity contribution in [3.8, 4) is 11.5 Å². The van der Waals surface area contributed by atoms with Gasteiger partial charge >= 0.3 is 0 Å². The number of rotatable bonds is 5. The van der Waals surface area contributed by atoms with E-state index in [1.807, 2.05) is 35.2 Å². The van der Waals surface area contributed by atoms with Crippen LogP contribution in [-0.4, -0.2) is 53.4 Å². The number of amides is 2. The van der Waals surface area contributed by atoms with Crippen LogP contribution in [0.1, 0.15) is 6.42 Å². The van der Waals surface area contributed by atoms with E-state index in [2.05, 4.69) is 10.3 Å². The summed E-state index contributed by atoms with van der Waals surface area (Å²) in [6.07, 6.45) is 0.0864. The highest BCUT2D eigenvalue weighted by Crippen LogP contribution is 2.28. The molecule has 0 spiro atoms. The first-order chi connectivity index (χ1) is 14.2. The third-order valence-corrected chi connectivity index (χ3v) is 5.71. The van der Waals surface area contributed by atoms with E-state index in [4.69, 9.17) is 9.47 Å². The Bertz CT molecular complexity index is 896. The second-order valence-electron chi connectivity index (χ2n) is 6.63. The number of benzene rings is 2. The first kappa shape index (κ1) is 19.5. The Morgan fingerprint density at radius 2 is 1.79 bits per heavy atom. The number of nitrogens with zero attached hydrogens (tertiary/aromatic N) is 2. The molecular formula is C21H21N3O4S. The quantitative estimate of drug-likeness (QED) is 0.814. The number of aliphatic imine (C=N–C) groups is 1. The molecule has 1 fully saturated rings. The fourth-order valence-corrected chi connectivity index (χ4v) is 4.13. The van der Waals surface area contributed by atoms with Crippen molar-refractivity contribution in [2.45, 2.75) is 11.7 Å². The lowest BCUT2D eigenvalue weighted by atomic mass is 10.2. The van der Waals surface area contributed by atoms with Crippen LogP contribution in [0.3, 0.4) is 0 Å². The molecule has 0 radical (unpaired) electrons. The number of anilines is 1. The topological polar surface area (TPSA) is 80.2 Å². The molecule has 1 saturated heterocycles. The van der Waals surface area contributed by atoms with Gasteiger partial charge in [-0.25, -0.2) is 0 Å². The van der Waals surface area contributed by atoms with E-state index in [0.29, 0.717) is 29.8 Å². The Labute approximate surface area is 173 Å². The van der Waals surface area contributed by atoms with Gasteiger partial charge in [-0.2, -0.15) is 4.99 Å². The van der Waals surface area contributed by atoms with Crippen molar-refractivity contribution in [2.24, 2.45) is 4.99 Å². The number of para-hydroxylation sites is 1. The number of thioether (sulfide) groups is 1. The molecule has 4 rings (SSSR count). The van der Waals surface area contributed by atoms with Gasteiger partial charge in [0.2, 0.25) is 5.91 Å². The van der Waals surface area contributed by atoms with Crippen LogP contribution in [-0.2, 0) is 14.3 Å². The summed E-state index contributed by atoms with van der Waals surface area (Å²) in [5, 5.41) is 3.05. The van der Waals surface area contributed by atoms with Crippen LogP contribution in [0.4, 0.5) is 5.69 Å². The second-order valence-corrected chi connectivity index (χ2v) is 7.80. The third kappa shape index (κ3) is 5.16. The smallest absolute Gasteiger partial charge is 0.262 e. The van der Waals surface area contributed by atoms with E-state index < -0.39 is 5.25 Å². The highest BCUT2D eigenvalue weighted by molar-refractivity contribution is 8.15. The maximum absolute atomic E-state index is 12.4. The van der Waals surface area contributed by atoms with Crippen molar-refractivity contribution < 1.29 is 19.1 Å². The normalized spacial score (nSPS) is 19.0. The van der Waals surface area contributed by atoms with Gasteiger partial charge in [-0.15, -0.1) is 0 Å². The molecule has 150 valence electrons. The van der Waals surface area contributed by atoms with Crippen molar-refractivity contribution in [3.63, 3.8) is 0 Å². The van der Waals surface area contributed by atoms with Crippen molar-refractivity contribution in [1.82, 2.24) is 4.90 Å². The van der Waals surface area contributed by atoms with Gasteiger partial charge < -0.3 is 19.7 Å². The summed E-state index contributed by atoms with van der Waals surface area (Å²) in [5.41, 5.74) is 0.653. The molecule has 0 saturated carbocycles. The average molecular weight is 411 g/mol. The number of hydrogen-bond donors (Lipinski definition) is 1. The highest BCUT2D eigenvalue weighted by atomic mass is 32.2. The molecule has 1 N–H and O–H groups in total. The van der Waals surface area contributed by atoms with Crippen LogP contribution in [0.15, 0.2) is 59.6 Å². The molecule has 2 aliphatic rings. The van der Waals surface area contributed by atoms with Crippen molar-refractivity contribution in [1.29, 1.82) is 0 Å². The van der Waals surface area contributed by atoms with Crippen LogP contribution in [0.5, 0.6) is 11.5 Å². The number of ether oxygens (including phenoxy) is 2. The summed E-state index contributed by atoms with van der Waals surface area (Å²) in [4.78, 5) is 30.7. The molecule has 7 nitrogen and oxygen atoms in total. The number of carbonyl (C=O) groups excluding carboxylic acids is 2. The Morgan fingerprint density at radius 1 is 1.10 bits per heavy atom. The molecule has 8 heteroatoms. The zero-order valence-electron chi connectivity index (χ0n) is 15.7. The van der Waals surface area contributed by atoms with Crippen LogP contribution >= 0.6 is 11.8 Å². The zero-order chi connectivity index (χ0) is 20.1. The minimum Gasteiger partial charge on any atom is -0.457 e. The number of amidine groups is 1. The second kappa shape index (κ2) is 9.11. The molecule has 0 aliphatic carbocycles. The molecule has 29 heavy (non-hydrogen) atoms. The van der Waals surface area contributed by atoms with E-state index in [-0.39, 0.29) is 18.2 Å². The first-order valence-corrected chi connectivity index (χ1v) is 10.3. The van der Waals surface area contributed by atoms with Crippen molar-refractivity contribution >= 4 is 34.4 Å². The Kier molecular flexibility index (Phi) is 6.12. The molecule has 0 unspecified atom stereocenters. The fraction of sp³-hybridized carbons (Fsp3) is 0.286. The number of hydrogen-bond acceptors (Lipinski definition) is 6. The summed E-state index contributed by atoms with van der Waals surface area (Å²) >= 11 is 1.36. The number of nitrogens with one attached hydrogen (secondary N) is 1. The number of carbonyl (C=O) groups is 2. The zero-order valence-corrected chi connectivity index (χ0v) is 16.6. The lowest BCUT2D eigenvalue weighted by molar-refractivity contribution is -0.121. The molecule has 0 aromatic heterocycles. The predicted molar refractivity (Wildman–Crippen MR) is 112 cm³/mol. The molecule has 2 aromatic carbocycles. The van der Waals surface area contributed by atoms with Gasteiger partial charge in [0.15, 0.2) is 5.17 Å². The van der Waals surface area contributed by atoms with Gasteiger partial charge in [-0.05, 0) is 36.4 Å². The van der Waals surface area contributed by atoms with E-state index >= 15 is 0 Å².